The number of benzene rings is 3. The Balaban J connectivity index is 1.61. The molecule has 7 heteroatoms. The molecule has 1 amide bonds. The summed E-state index contributed by atoms with van der Waals surface area (Å²) in [6.45, 7) is 14.5. The number of aliphatic hydroxyl groups excluding tert-OH is 1. The molecular formula is C35H41N3O4. The molecule has 3 aromatic rings. The molecule has 2 aliphatic rings. The molecule has 2 fully saturated rings. The van der Waals surface area contributed by atoms with E-state index in [0.717, 1.165) is 54.3 Å². The van der Waals surface area contributed by atoms with Crippen molar-refractivity contribution in [3.63, 3.8) is 0 Å². The normalized spacial score (nSPS) is 19.4. The Bertz CT molecular complexity index is 1510. The molecule has 7 nitrogen and oxygen atoms in total. The van der Waals surface area contributed by atoms with Crippen LogP contribution in [0.5, 0.6) is 5.75 Å². The van der Waals surface area contributed by atoms with E-state index >= 15 is 0 Å². The molecule has 5 rings (SSSR count). The second-order valence-corrected chi connectivity index (χ2v) is 12.3. The van der Waals surface area contributed by atoms with Crippen molar-refractivity contribution in [2.45, 2.75) is 46.1 Å². The first-order valence-corrected chi connectivity index (χ1v) is 14.7. The minimum absolute atomic E-state index is 0.0813. The highest BCUT2D eigenvalue weighted by Gasteiger charge is 2.47. The zero-order chi connectivity index (χ0) is 30.2. The van der Waals surface area contributed by atoms with Gasteiger partial charge in [0.05, 0.1) is 18.2 Å². The maximum absolute atomic E-state index is 13.7. The first-order valence-electron chi connectivity index (χ1n) is 14.7. The molecule has 0 bridgehead atoms. The fourth-order valence-electron chi connectivity index (χ4n) is 5.84. The van der Waals surface area contributed by atoms with Gasteiger partial charge < -0.3 is 19.6 Å². The Labute approximate surface area is 249 Å². The lowest BCUT2D eigenvalue weighted by Crippen LogP contribution is -2.44. The van der Waals surface area contributed by atoms with Crippen LogP contribution < -0.4 is 14.5 Å². The standard InChI is InChI=1S/C35H41N3O4/c1-7-42-29-16-11-25(22-28(29)35(3,4)5)32(39)30-31(24-10-8-9-23(2)21-24)38(34(41)33(30)40)27-14-12-26(13-15-27)37-19-17-36(6)18-20-37/h8-16,21-22,31,39H,7,17-20H2,1-6H3/b32-30-. The third-order valence-electron chi connectivity index (χ3n) is 8.16. The van der Waals surface area contributed by atoms with E-state index in [2.05, 4.69) is 37.6 Å². The largest absolute Gasteiger partial charge is 0.507 e. The van der Waals surface area contributed by atoms with Crippen molar-refractivity contribution in [1.29, 1.82) is 0 Å². The number of aryl methyl sites for hydroxylation is 1. The molecule has 220 valence electrons. The molecule has 0 radical (unpaired) electrons. The van der Waals surface area contributed by atoms with Crippen LogP contribution in [0, 0.1) is 6.92 Å². The zero-order valence-corrected chi connectivity index (χ0v) is 25.5. The van der Waals surface area contributed by atoms with Gasteiger partial charge in [0.1, 0.15) is 11.5 Å². The van der Waals surface area contributed by atoms with Crippen molar-refractivity contribution < 1.29 is 19.4 Å². The van der Waals surface area contributed by atoms with E-state index < -0.39 is 17.7 Å². The Kier molecular flexibility index (Phi) is 8.15. The third-order valence-corrected chi connectivity index (χ3v) is 8.16. The number of hydrogen-bond donors (Lipinski definition) is 1. The second kappa shape index (κ2) is 11.6. The average molecular weight is 568 g/mol. The lowest BCUT2D eigenvalue weighted by Gasteiger charge is -2.34. The van der Waals surface area contributed by atoms with E-state index in [4.69, 9.17) is 4.74 Å². The summed E-state index contributed by atoms with van der Waals surface area (Å²) in [5.74, 6) is -0.812. The maximum atomic E-state index is 13.7. The van der Waals surface area contributed by atoms with Crippen LogP contribution in [0.1, 0.15) is 56.0 Å². The highest BCUT2D eigenvalue weighted by Crippen LogP contribution is 2.43. The van der Waals surface area contributed by atoms with Crippen molar-refractivity contribution in [2.75, 3.05) is 49.6 Å². The number of nitrogens with zero attached hydrogens (tertiary/aromatic N) is 3. The highest BCUT2D eigenvalue weighted by atomic mass is 16.5. The van der Waals surface area contributed by atoms with Crippen LogP contribution in [0.4, 0.5) is 11.4 Å². The fourth-order valence-corrected chi connectivity index (χ4v) is 5.84. The van der Waals surface area contributed by atoms with Gasteiger partial charge in [-0.1, -0.05) is 50.6 Å². The Hall–Kier alpha value is -4.10. The van der Waals surface area contributed by atoms with Crippen LogP contribution in [-0.4, -0.2) is 61.5 Å². The molecule has 2 heterocycles. The van der Waals surface area contributed by atoms with Gasteiger partial charge in [0.25, 0.3) is 11.7 Å². The molecule has 0 aliphatic carbocycles. The van der Waals surface area contributed by atoms with Gasteiger partial charge in [0, 0.05) is 48.7 Å². The number of aliphatic hydroxyl groups is 1. The monoisotopic (exact) mass is 567 g/mol. The summed E-state index contributed by atoms with van der Waals surface area (Å²) in [7, 11) is 2.12. The van der Waals surface area contributed by atoms with Gasteiger partial charge in [-0.2, -0.15) is 0 Å². The van der Waals surface area contributed by atoms with E-state index in [1.165, 1.54) is 4.90 Å². The quantitative estimate of drug-likeness (QED) is 0.222. The van der Waals surface area contributed by atoms with Gasteiger partial charge >= 0.3 is 0 Å². The highest BCUT2D eigenvalue weighted by molar-refractivity contribution is 6.51. The molecule has 2 aliphatic heterocycles. The smallest absolute Gasteiger partial charge is 0.300 e. The number of anilines is 2. The van der Waals surface area contributed by atoms with Crippen LogP contribution in [0.2, 0.25) is 0 Å². The summed E-state index contributed by atoms with van der Waals surface area (Å²) in [6, 6.07) is 20.2. The SMILES string of the molecule is CCOc1ccc(/C(O)=C2/C(=O)C(=O)N(c3ccc(N4CCN(C)CC4)cc3)C2c2cccc(C)c2)cc1C(C)(C)C. The number of carbonyl (C=O) groups excluding carboxylic acids is 2. The summed E-state index contributed by atoms with van der Waals surface area (Å²) in [5.41, 5.74) is 4.66. The number of ketones is 1. The minimum Gasteiger partial charge on any atom is -0.507 e. The van der Waals surface area contributed by atoms with Crippen molar-refractivity contribution >= 4 is 28.8 Å². The predicted octanol–water partition coefficient (Wildman–Crippen LogP) is 6.07. The number of rotatable bonds is 6. The summed E-state index contributed by atoms with van der Waals surface area (Å²) < 4.78 is 5.87. The van der Waals surface area contributed by atoms with Crippen molar-refractivity contribution in [1.82, 2.24) is 4.90 Å². The maximum Gasteiger partial charge on any atom is 0.300 e. The molecule has 3 aromatic carbocycles. The van der Waals surface area contributed by atoms with Gasteiger partial charge in [-0.05, 0) is 74.3 Å². The molecule has 0 spiro atoms. The average Bonchev–Trinajstić information content (AvgIpc) is 3.23. The van der Waals surface area contributed by atoms with E-state index in [0.29, 0.717) is 17.9 Å². The van der Waals surface area contributed by atoms with Crippen molar-refractivity contribution in [3.05, 3.63) is 94.6 Å². The lowest BCUT2D eigenvalue weighted by molar-refractivity contribution is -0.132. The number of likely N-dealkylation sites (N-methyl/N-ethyl adjacent to an activating group) is 1. The van der Waals surface area contributed by atoms with E-state index in [9.17, 15) is 14.7 Å². The zero-order valence-electron chi connectivity index (χ0n) is 25.5. The van der Waals surface area contributed by atoms with Gasteiger partial charge in [-0.25, -0.2) is 0 Å². The predicted molar refractivity (Wildman–Crippen MR) is 168 cm³/mol. The Morgan fingerprint density at radius 1 is 0.929 bits per heavy atom. The first kappa shape index (κ1) is 29.4. The van der Waals surface area contributed by atoms with Gasteiger partial charge in [0.15, 0.2) is 0 Å². The number of carbonyl (C=O) groups is 2. The van der Waals surface area contributed by atoms with E-state index in [-0.39, 0.29) is 16.7 Å². The van der Waals surface area contributed by atoms with Crippen LogP contribution in [0.3, 0.4) is 0 Å². The lowest BCUT2D eigenvalue weighted by atomic mass is 9.84. The molecule has 1 N–H and O–H groups in total. The molecule has 0 aromatic heterocycles. The van der Waals surface area contributed by atoms with Crippen molar-refractivity contribution in [3.8, 4) is 5.75 Å². The third kappa shape index (κ3) is 5.66. The molecule has 1 unspecified atom stereocenters. The topological polar surface area (TPSA) is 73.3 Å². The number of ether oxygens (including phenoxy) is 1. The first-order chi connectivity index (χ1) is 20.0. The summed E-state index contributed by atoms with van der Waals surface area (Å²) in [4.78, 5) is 33.6. The summed E-state index contributed by atoms with van der Waals surface area (Å²) >= 11 is 0. The number of Topliss-reactive ketones (excluding diaryl/α,β-unsaturated/α-hetero) is 1. The molecule has 0 saturated carbocycles. The fraction of sp³-hybridized carbons (Fsp3) is 0.371. The number of amides is 1. The molecule has 1 atom stereocenters. The van der Waals surface area contributed by atoms with Crippen molar-refractivity contribution in [2.24, 2.45) is 0 Å². The summed E-state index contributed by atoms with van der Waals surface area (Å²) in [6.07, 6.45) is 0. The van der Waals surface area contributed by atoms with Gasteiger partial charge in [-0.3, -0.25) is 14.5 Å². The van der Waals surface area contributed by atoms with Gasteiger partial charge in [-0.15, -0.1) is 0 Å². The van der Waals surface area contributed by atoms with Crippen LogP contribution >= 0.6 is 0 Å². The van der Waals surface area contributed by atoms with E-state index in [1.54, 1.807) is 6.07 Å². The Morgan fingerprint density at radius 3 is 2.21 bits per heavy atom. The molecule has 2 saturated heterocycles. The number of hydrogen-bond acceptors (Lipinski definition) is 6. The summed E-state index contributed by atoms with van der Waals surface area (Å²) in [5, 5.41) is 11.7. The van der Waals surface area contributed by atoms with E-state index in [1.807, 2.05) is 74.5 Å². The van der Waals surface area contributed by atoms with Crippen LogP contribution in [-0.2, 0) is 15.0 Å². The van der Waals surface area contributed by atoms with Crippen LogP contribution in [0.15, 0.2) is 72.3 Å². The number of piperazine rings is 1. The Morgan fingerprint density at radius 2 is 1.60 bits per heavy atom. The van der Waals surface area contributed by atoms with Gasteiger partial charge in [0.2, 0.25) is 0 Å². The molecular weight excluding hydrogens is 526 g/mol. The van der Waals surface area contributed by atoms with Crippen LogP contribution in [0.25, 0.3) is 5.76 Å². The second-order valence-electron chi connectivity index (χ2n) is 12.3. The molecule has 42 heavy (non-hydrogen) atoms. The minimum atomic E-state index is -0.774.